The third-order valence-electron chi connectivity index (χ3n) is 3.74. The lowest BCUT2D eigenvalue weighted by molar-refractivity contribution is 0.368. The summed E-state index contributed by atoms with van der Waals surface area (Å²) < 4.78 is 15.4. The second-order valence-corrected chi connectivity index (χ2v) is 4.85. The molecular formula is C13H16FN3O. The fourth-order valence-corrected chi connectivity index (χ4v) is 2.78. The molecule has 96 valence electrons. The number of benzene rings is 1. The zero-order valence-electron chi connectivity index (χ0n) is 10.3. The van der Waals surface area contributed by atoms with Crippen LogP contribution in [0.4, 0.5) is 4.39 Å². The van der Waals surface area contributed by atoms with Crippen LogP contribution in [0.5, 0.6) is 0 Å². The monoisotopic (exact) mass is 249 g/mol. The highest BCUT2D eigenvalue weighted by atomic mass is 19.1. The lowest BCUT2D eigenvalue weighted by Crippen LogP contribution is -2.33. The Morgan fingerprint density at radius 2 is 2.06 bits per heavy atom. The van der Waals surface area contributed by atoms with Crippen LogP contribution >= 0.6 is 0 Å². The van der Waals surface area contributed by atoms with Crippen LogP contribution in [0.25, 0.3) is 11.0 Å². The van der Waals surface area contributed by atoms with Crippen molar-refractivity contribution in [3.63, 3.8) is 0 Å². The third kappa shape index (κ3) is 1.66. The number of nitrogens with one attached hydrogen (secondary N) is 2. The van der Waals surface area contributed by atoms with Crippen LogP contribution in [0.1, 0.15) is 24.4 Å². The molecular weight excluding hydrogens is 233 g/mol. The van der Waals surface area contributed by atoms with E-state index in [0.29, 0.717) is 11.1 Å². The van der Waals surface area contributed by atoms with Gasteiger partial charge in [0.2, 0.25) is 0 Å². The Kier molecular flexibility index (Phi) is 2.70. The number of aromatic nitrogens is 2. The number of aromatic amines is 1. The molecule has 1 aromatic heterocycles. The highest BCUT2D eigenvalue weighted by molar-refractivity contribution is 5.79. The van der Waals surface area contributed by atoms with Crippen molar-refractivity contribution in [2.45, 2.75) is 25.8 Å². The van der Waals surface area contributed by atoms with E-state index in [2.05, 4.69) is 10.3 Å². The van der Waals surface area contributed by atoms with E-state index in [4.69, 9.17) is 0 Å². The number of rotatable bonds is 1. The number of hydrogen-bond acceptors (Lipinski definition) is 2. The van der Waals surface area contributed by atoms with Gasteiger partial charge in [0, 0.05) is 11.6 Å². The smallest absolute Gasteiger partial charge is 0.317 e. The van der Waals surface area contributed by atoms with Gasteiger partial charge in [-0.05, 0) is 45.0 Å². The Morgan fingerprint density at radius 3 is 2.78 bits per heavy atom. The number of H-pyrrole nitrogens is 1. The molecule has 4 nitrogen and oxygen atoms in total. The average molecular weight is 249 g/mol. The number of piperidine rings is 1. The van der Waals surface area contributed by atoms with Crippen molar-refractivity contribution in [1.82, 2.24) is 14.9 Å². The Hall–Kier alpha value is -1.62. The fourth-order valence-electron chi connectivity index (χ4n) is 2.78. The minimum Gasteiger partial charge on any atom is -0.317 e. The highest BCUT2D eigenvalue weighted by Crippen LogP contribution is 2.25. The van der Waals surface area contributed by atoms with Crippen molar-refractivity contribution >= 4 is 11.0 Å². The first kappa shape index (κ1) is 11.5. The number of halogens is 1. The molecule has 1 fully saturated rings. The summed E-state index contributed by atoms with van der Waals surface area (Å²) in [5.41, 5.74) is 1.85. The predicted octanol–water partition coefficient (Wildman–Crippen LogP) is 1.70. The van der Waals surface area contributed by atoms with E-state index in [0.717, 1.165) is 31.4 Å². The molecule has 1 aliphatic rings. The van der Waals surface area contributed by atoms with Gasteiger partial charge < -0.3 is 10.3 Å². The highest BCUT2D eigenvalue weighted by Gasteiger charge is 2.21. The van der Waals surface area contributed by atoms with Gasteiger partial charge in [0.25, 0.3) is 0 Å². The van der Waals surface area contributed by atoms with E-state index >= 15 is 0 Å². The molecule has 2 N–H and O–H groups in total. The van der Waals surface area contributed by atoms with E-state index in [1.807, 2.05) is 0 Å². The minimum absolute atomic E-state index is 0.134. The predicted molar refractivity (Wildman–Crippen MR) is 68.4 cm³/mol. The van der Waals surface area contributed by atoms with Gasteiger partial charge in [-0.3, -0.25) is 4.57 Å². The molecule has 18 heavy (non-hydrogen) atoms. The van der Waals surface area contributed by atoms with Gasteiger partial charge in [-0.25, -0.2) is 9.18 Å². The van der Waals surface area contributed by atoms with Crippen LogP contribution < -0.4 is 11.0 Å². The maximum absolute atomic E-state index is 13.7. The molecule has 2 heterocycles. The summed E-state index contributed by atoms with van der Waals surface area (Å²) in [5, 5.41) is 3.27. The molecule has 5 heteroatoms. The number of aryl methyl sites for hydroxylation is 1. The molecule has 1 saturated heterocycles. The first-order valence-corrected chi connectivity index (χ1v) is 6.28. The lowest BCUT2D eigenvalue weighted by Gasteiger charge is -2.24. The van der Waals surface area contributed by atoms with Crippen LogP contribution in [0.15, 0.2) is 16.9 Å². The molecule has 3 rings (SSSR count). The minimum atomic E-state index is -0.260. The molecule has 0 aliphatic carbocycles. The Labute approximate surface area is 104 Å². The second kappa shape index (κ2) is 4.24. The molecule has 1 aliphatic heterocycles. The van der Waals surface area contributed by atoms with E-state index in [1.54, 1.807) is 17.6 Å². The average Bonchev–Trinajstić information content (AvgIpc) is 2.72. The van der Waals surface area contributed by atoms with Crippen LogP contribution in [0.2, 0.25) is 0 Å². The normalized spacial score (nSPS) is 17.4. The van der Waals surface area contributed by atoms with Crippen LogP contribution in [-0.2, 0) is 0 Å². The summed E-state index contributed by atoms with van der Waals surface area (Å²) >= 11 is 0. The van der Waals surface area contributed by atoms with Gasteiger partial charge in [-0.2, -0.15) is 0 Å². The maximum Gasteiger partial charge on any atom is 0.326 e. The van der Waals surface area contributed by atoms with E-state index < -0.39 is 0 Å². The molecule has 0 amide bonds. The fraction of sp³-hybridized carbons (Fsp3) is 0.462. The zero-order chi connectivity index (χ0) is 12.7. The largest absolute Gasteiger partial charge is 0.326 e. The summed E-state index contributed by atoms with van der Waals surface area (Å²) in [5.74, 6) is -0.260. The maximum atomic E-state index is 13.7. The number of imidazole rings is 1. The molecule has 1 aromatic carbocycles. The van der Waals surface area contributed by atoms with Crippen LogP contribution in [-0.4, -0.2) is 22.6 Å². The Morgan fingerprint density at radius 1 is 1.33 bits per heavy atom. The standard InChI is InChI=1S/C13H16FN3O/c1-8-10(14)2-3-11-12(8)17(13(18)16-11)9-4-6-15-7-5-9/h2-3,9,15H,4-7H2,1H3,(H,16,18). The molecule has 0 spiro atoms. The van der Waals surface area contributed by atoms with Crippen molar-refractivity contribution in [2.24, 2.45) is 0 Å². The molecule has 0 unspecified atom stereocenters. The van der Waals surface area contributed by atoms with E-state index in [9.17, 15) is 9.18 Å². The molecule has 0 saturated carbocycles. The van der Waals surface area contributed by atoms with E-state index in [1.165, 1.54) is 6.07 Å². The van der Waals surface area contributed by atoms with Crippen molar-refractivity contribution in [2.75, 3.05) is 13.1 Å². The molecule has 0 bridgehead atoms. The Bertz CT molecular complexity index is 637. The van der Waals surface area contributed by atoms with Crippen molar-refractivity contribution < 1.29 is 4.39 Å². The van der Waals surface area contributed by atoms with Gasteiger partial charge in [0.1, 0.15) is 5.82 Å². The topological polar surface area (TPSA) is 49.8 Å². The SMILES string of the molecule is Cc1c(F)ccc2[nH]c(=O)n(C3CCNCC3)c12. The summed E-state index contributed by atoms with van der Waals surface area (Å²) in [6, 6.07) is 3.20. The van der Waals surface area contributed by atoms with Gasteiger partial charge in [0.15, 0.2) is 0 Å². The summed E-state index contributed by atoms with van der Waals surface area (Å²) in [7, 11) is 0. The van der Waals surface area contributed by atoms with Gasteiger partial charge in [-0.15, -0.1) is 0 Å². The van der Waals surface area contributed by atoms with Gasteiger partial charge >= 0.3 is 5.69 Å². The second-order valence-electron chi connectivity index (χ2n) is 4.85. The molecule has 2 aromatic rings. The molecule has 0 radical (unpaired) electrons. The summed E-state index contributed by atoms with van der Waals surface area (Å²) in [6.45, 7) is 3.53. The van der Waals surface area contributed by atoms with Crippen molar-refractivity contribution in [1.29, 1.82) is 0 Å². The number of nitrogens with zero attached hydrogens (tertiary/aromatic N) is 1. The van der Waals surface area contributed by atoms with Crippen LogP contribution in [0, 0.1) is 12.7 Å². The third-order valence-corrected chi connectivity index (χ3v) is 3.74. The first-order valence-electron chi connectivity index (χ1n) is 6.28. The van der Waals surface area contributed by atoms with Gasteiger partial charge in [-0.1, -0.05) is 0 Å². The zero-order valence-corrected chi connectivity index (χ0v) is 10.3. The first-order chi connectivity index (χ1) is 8.68. The van der Waals surface area contributed by atoms with Crippen molar-refractivity contribution in [3.05, 3.63) is 34.0 Å². The van der Waals surface area contributed by atoms with Crippen LogP contribution in [0.3, 0.4) is 0 Å². The lowest BCUT2D eigenvalue weighted by atomic mass is 10.1. The van der Waals surface area contributed by atoms with Gasteiger partial charge in [0.05, 0.1) is 11.0 Å². The number of fused-ring (bicyclic) bond motifs is 1. The summed E-state index contributed by atoms with van der Waals surface area (Å²) in [4.78, 5) is 14.9. The summed E-state index contributed by atoms with van der Waals surface area (Å²) in [6.07, 6.45) is 1.81. The quantitative estimate of drug-likeness (QED) is 0.808. The Balaban J connectivity index is 2.23. The molecule has 0 atom stereocenters. The van der Waals surface area contributed by atoms with Crippen molar-refractivity contribution in [3.8, 4) is 0 Å². The number of hydrogen-bond donors (Lipinski definition) is 2. The van der Waals surface area contributed by atoms with E-state index in [-0.39, 0.29) is 17.5 Å².